The van der Waals surface area contributed by atoms with Crippen molar-refractivity contribution in [1.29, 1.82) is 0 Å². The fourth-order valence-corrected chi connectivity index (χ4v) is 2.66. The van der Waals surface area contributed by atoms with E-state index in [0.717, 1.165) is 10.6 Å². The van der Waals surface area contributed by atoms with Crippen molar-refractivity contribution in [2.75, 3.05) is 22.9 Å². The van der Waals surface area contributed by atoms with Gasteiger partial charge in [0.15, 0.2) is 0 Å². The van der Waals surface area contributed by atoms with Crippen molar-refractivity contribution in [1.82, 2.24) is 0 Å². The minimum absolute atomic E-state index is 0.300. The molecule has 1 amide bonds. The molecule has 0 spiro atoms. The van der Waals surface area contributed by atoms with Gasteiger partial charge in [-0.3, -0.25) is 9.10 Å². The summed E-state index contributed by atoms with van der Waals surface area (Å²) in [5.74, 6) is -0.419. The monoisotopic (exact) mass is 372 g/mol. The van der Waals surface area contributed by atoms with Crippen molar-refractivity contribution in [2.24, 2.45) is 0 Å². The molecule has 0 radical (unpaired) electrons. The van der Waals surface area contributed by atoms with Crippen LogP contribution in [0.15, 0.2) is 42.5 Å². The van der Waals surface area contributed by atoms with Gasteiger partial charge in [0.25, 0.3) is 5.91 Å². The third-order valence-corrected chi connectivity index (χ3v) is 4.92. The molecule has 0 saturated carbocycles. The van der Waals surface area contributed by atoms with Crippen LogP contribution >= 0.6 is 23.2 Å². The highest BCUT2D eigenvalue weighted by Crippen LogP contribution is 2.26. The fourth-order valence-electron chi connectivity index (χ4n) is 1.82. The fraction of sp³-hybridized carbons (Fsp3) is 0.133. The second-order valence-corrected chi connectivity index (χ2v) is 7.72. The molecule has 0 fully saturated rings. The molecule has 0 atom stereocenters. The Kier molecular flexibility index (Phi) is 5.19. The van der Waals surface area contributed by atoms with E-state index in [1.807, 2.05) is 0 Å². The van der Waals surface area contributed by atoms with Crippen molar-refractivity contribution >= 4 is 50.5 Å². The third kappa shape index (κ3) is 4.37. The maximum atomic E-state index is 12.3. The minimum atomic E-state index is -3.41. The van der Waals surface area contributed by atoms with Crippen LogP contribution in [-0.2, 0) is 10.0 Å². The van der Waals surface area contributed by atoms with Crippen molar-refractivity contribution in [3.63, 3.8) is 0 Å². The van der Waals surface area contributed by atoms with Crippen LogP contribution < -0.4 is 9.62 Å². The van der Waals surface area contributed by atoms with Gasteiger partial charge >= 0.3 is 0 Å². The molecule has 2 aromatic carbocycles. The summed E-state index contributed by atoms with van der Waals surface area (Å²) < 4.78 is 24.3. The minimum Gasteiger partial charge on any atom is -0.321 e. The smallest absolute Gasteiger partial charge is 0.255 e. The first kappa shape index (κ1) is 17.6. The molecular weight excluding hydrogens is 359 g/mol. The summed E-state index contributed by atoms with van der Waals surface area (Å²) in [5.41, 5.74) is 1.07. The molecule has 2 aromatic rings. The van der Waals surface area contributed by atoms with Gasteiger partial charge in [0.1, 0.15) is 0 Å². The zero-order valence-corrected chi connectivity index (χ0v) is 14.7. The zero-order chi connectivity index (χ0) is 17.2. The number of anilines is 2. The Balaban J connectivity index is 2.28. The van der Waals surface area contributed by atoms with Gasteiger partial charge in [-0.2, -0.15) is 0 Å². The number of sulfonamides is 1. The van der Waals surface area contributed by atoms with Gasteiger partial charge in [-0.1, -0.05) is 29.3 Å². The Morgan fingerprint density at radius 2 is 1.83 bits per heavy atom. The molecule has 23 heavy (non-hydrogen) atoms. The number of carbonyl (C=O) groups is 1. The van der Waals surface area contributed by atoms with E-state index in [-0.39, 0.29) is 0 Å². The molecule has 1 N–H and O–H groups in total. The molecule has 0 unspecified atom stereocenters. The maximum Gasteiger partial charge on any atom is 0.255 e. The summed E-state index contributed by atoms with van der Waals surface area (Å²) in [6.45, 7) is 0. The van der Waals surface area contributed by atoms with Gasteiger partial charge < -0.3 is 5.32 Å². The molecule has 5 nitrogen and oxygen atoms in total. The summed E-state index contributed by atoms with van der Waals surface area (Å²) in [6, 6.07) is 11.0. The van der Waals surface area contributed by atoms with Crippen LogP contribution in [0.25, 0.3) is 0 Å². The van der Waals surface area contributed by atoms with Gasteiger partial charge in [0, 0.05) is 17.6 Å². The average Bonchev–Trinajstić information content (AvgIpc) is 2.49. The van der Waals surface area contributed by atoms with Gasteiger partial charge in [-0.05, 0) is 36.4 Å². The molecule has 0 aliphatic rings. The molecule has 0 aromatic heterocycles. The number of rotatable bonds is 4. The van der Waals surface area contributed by atoms with Crippen LogP contribution in [0.3, 0.4) is 0 Å². The number of hydrogen-bond acceptors (Lipinski definition) is 3. The molecular formula is C15H14Cl2N2O3S. The first-order chi connectivity index (χ1) is 10.7. The summed E-state index contributed by atoms with van der Waals surface area (Å²) in [5, 5.41) is 3.44. The van der Waals surface area contributed by atoms with E-state index in [2.05, 4.69) is 5.32 Å². The first-order valence-corrected chi connectivity index (χ1v) is 9.09. The largest absolute Gasteiger partial charge is 0.321 e. The maximum absolute atomic E-state index is 12.3. The van der Waals surface area contributed by atoms with Crippen LogP contribution in [0, 0.1) is 0 Å². The summed E-state index contributed by atoms with van der Waals surface area (Å²) in [7, 11) is -1.99. The van der Waals surface area contributed by atoms with Crippen LogP contribution in [0.1, 0.15) is 10.4 Å². The molecule has 122 valence electrons. The van der Waals surface area contributed by atoms with Crippen molar-refractivity contribution in [3.8, 4) is 0 Å². The van der Waals surface area contributed by atoms with Crippen molar-refractivity contribution in [2.45, 2.75) is 0 Å². The van der Waals surface area contributed by atoms with E-state index in [1.54, 1.807) is 30.3 Å². The van der Waals surface area contributed by atoms with Crippen LogP contribution in [-0.4, -0.2) is 27.6 Å². The lowest BCUT2D eigenvalue weighted by Gasteiger charge is -2.17. The predicted molar refractivity (Wildman–Crippen MR) is 94.1 cm³/mol. The number of hydrogen-bond donors (Lipinski definition) is 1. The van der Waals surface area contributed by atoms with E-state index in [9.17, 15) is 13.2 Å². The topological polar surface area (TPSA) is 66.5 Å². The molecule has 0 heterocycles. The summed E-state index contributed by atoms with van der Waals surface area (Å²) in [4.78, 5) is 12.3. The zero-order valence-electron chi connectivity index (χ0n) is 12.4. The van der Waals surface area contributed by atoms with Crippen LogP contribution in [0.4, 0.5) is 11.4 Å². The Morgan fingerprint density at radius 3 is 2.48 bits per heavy atom. The number of benzene rings is 2. The van der Waals surface area contributed by atoms with E-state index in [0.29, 0.717) is 27.0 Å². The van der Waals surface area contributed by atoms with Gasteiger partial charge in [0.05, 0.1) is 22.7 Å². The second kappa shape index (κ2) is 6.78. The highest BCUT2D eigenvalue weighted by molar-refractivity contribution is 7.92. The van der Waals surface area contributed by atoms with Gasteiger partial charge in [-0.15, -0.1) is 0 Å². The average molecular weight is 373 g/mol. The van der Waals surface area contributed by atoms with Crippen molar-refractivity contribution in [3.05, 3.63) is 58.1 Å². The third-order valence-electron chi connectivity index (χ3n) is 3.15. The Labute approximate surface area is 144 Å². The molecule has 0 aliphatic carbocycles. The summed E-state index contributed by atoms with van der Waals surface area (Å²) in [6.07, 6.45) is 1.09. The molecule has 2 rings (SSSR count). The van der Waals surface area contributed by atoms with Crippen molar-refractivity contribution < 1.29 is 13.2 Å². The highest BCUT2D eigenvalue weighted by Gasteiger charge is 2.15. The first-order valence-electron chi connectivity index (χ1n) is 6.49. The quantitative estimate of drug-likeness (QED) is 0.890. The normalized spacial score (nSPS) is 11.1. The highest BCUT2D eigenvalue weighted by atomic mass is 35.5. The molecule has 8 heteroatoms. The van der Waals surface area contributed by atoms with E-state index in [1.165, 1.54) is 19.2 Å². The lowest BCUT2D eigenvalue weighted by atomic mass is 10.2. The number of halogens is 2. The number of amides is 1. The predicted octanol–water partition coefficient (Wildman–Crippen LogP) is 3.64. The number of nitrogens with one attached hydrogen (secondary N) is 1. The molecule has 0 saturated heterocycles. The van der Waals surface area contributed by atoms with Gasteiger partial charge in [0.2, 0.25) is 10.0 Å². The molecule has 0 aliphatic heterocycles. The van der Waals surface area contributed by atoms with E-state index < -0.39 is 15.9 Å². The molecule has 0 bridgehead atoms. The standard InChI is InChI=1S/C15H14Cl2N2O3S/c1-19(23(2,21)22)12-5-3-4-10(8-12)15(20)18-14-9-11(16)6-7-13(14)17/h3-9H,1-2H3,(H,18,20). The van der Waals surface area contributed by atoms with Gasteiger partial charge in [-0.25, -0.2) is 8.42 Å². The number of carbonyl (C=O) groups excluding carboxylic acids is 1. The SMILES string of the molecule is CN(c1cccc(C(=O)Nc2cc(Cl)ccc2Cl)c1)S(C)(=O)=O. The second-order valence-electron chi connectivity index (χ2n) is 4.86. The Hall–Kier alpha value is -1.76. The lowest BCUT2D eigenvalue weighted by Crippen LogP contribution is -2.25. The Bertz CT molecular complexity index is 854. The summed E-state index contributed by atoms with van der Waals surface area (Å²) >= 11 is 11.9. The van der Waals surface area contributed by atoms with E-state index in [4.69, 9.17) is 23.2 Å². The van der Waals surface area contributed by atoms with Crippen LogP contribution in [0.5, 0.6) is 0 Å². The lowest BCUT2D eigenvalue weighted by molar-refractivity contribution is 0.102. The Morgan fingerprint density at radius 1 is 1.13 bits per heavy atom. The van der Waals surface area contributed by atoms with E-state index >= 15 is 0 Å². The number of nitrogens with zero attached hydrogens (tertiary/aromatic N) is 1. The van der Waals surface area contributed by atoms with Crippen LogP contribution in [0.2, 0.25) is 10.0 Å².